The van der Waals surface area contributed by atoms with Crippen molar-refractivity contribution >= 4 is 11.6 Å². The molecular formula is C15H14F2N2O. The maximum Gasteiger partial charge on any atom is 0.254 e. The van der Waals surface area contributed by atoms with Crippen LogP contribution in [0.25, 0.3) is 0 Å². The van der Waals surface area contributed by atoms with Crippen molar-refractivity contribution in [2.24, 2.45) is 0 Å². The SMILES string of the molecule is CN(Cc1cccc(N)c1)C(=O)c1cc(F)cc(F)c1. The number of anilines is 1. The molecule has 0 fully saturated rings. The third-order valence-electron chi connectivity index (χ3n) is 2.83. The van der Waals surface area contributed by atoms with E-state index in [0.29, 0.717) is 12.2 Å². The normalized spacial score (nSPS) is 10.3. The largest absolute Gasteiger partial charge is 0.399 e. The van der Waals surface area contributed by atoms with Gasteiger partial charge in [-0.2, -0.15) is 0 Å². The van der Waals surface area contributed by atoms with Gasteiger partial charge in [-0.15, -0.1) is 0 Å². The van der Waals surface area contributed by atoms with E-state index in [1.807, 2.05) is 6.07 Å². The van der Waals surface area contributed by atoms with Crippen molar-refractivity contribution in [2.45, 2.75) is 6.54 Å². The van der Waals surface area contributed by atoms with Crippen LogP contribution in [0.1, 0.15) is 15.9 Å². The smallest absolute Gasteiger partial charge is 0.254 e. The molecule has 0 aliphatic carbocycles. The van der Waals surface area contributed by atoms with Gasteiger partial charge in [0.15, 0.2) is 0 Å². The van der Waals surface area contributed by atoms with Crippen LogP contribution in [0.5, 0.6) is 0 Å². The van der Waals surface area contributed by atoms with Gasteiger partial charge in [-0.05, 0) is 29.8 Å². The maximum atomic E-state index is 13.1. The minimum absolute atomic E-state index is 0.0195. The molecule has 0 aliphatic rings. The standard InChI is InChI=1S/C15H14F2N2O/c1-19(9-10-3-2-4-14(18)5-10)15(20)11-6-12(16)8-13(17)7-11/h2-8H,9,18H2,1H3. The first-order valence-corrected chi connectivity index (χ1v) is 6.01. The molecule has 2 N–H and O–H groups in total. The second kappa shape index (κ2) is 5.69. The van der Waals surface area contributed by atoms with Crippen molar-refractivity contribution in [1.82, 2.24) is 4.90 Å². The molecule has 0 saturated heterocycles. The van der Waals surface area contributed by atoms with E-state index < -0.39 is 17.5 Å². The first kappa shape index (κ1) is 14.0. The number of nitrogen functional groups attached to an aromatic ring is 1. The van der Waals surface area contributed by atoms with E-state index in [4.69, 9.17) is 5.73 Å². The fraction of sp³-hybridized carbons (Fsp3) is 0.133. The van der Waals surface area contributed by atoms with Crippen molar-refractivity contribution in [3.05, 3.63) is 65.2 Å². The molecular weight excluding hydrogens is 262 g/mol. The monoisotopic (exact) mass is 276 g/mol. The molecule has 0 bridgehead atoms. The molecule has 0 radical (unpaired) electrons. The Hall–Kier alpha value is -2.43. The van der Waals surface area contributed by atoms with Crippen LogP contribution in [-0.4, -0.2) is 17.9 Å². The van der Waals surface area contributed by atoms with Crippen LogP contribution in [-0.2, 0) is 6.54 Å². The van der Waals surface area contributed by atoms with Gasteiger partial charge in [0.05, 0.1) is 0 Å². The summed E-state index contributed by atoms with van der Waals surface area (Å²) >= 11 is 0. The van der Waals surface area contributed by atoms with Crippen LogP contribution >= 0.6 is 0 Å². The third-order valence-corrected chi connectivity index (χ3v) is 2.83. The lowest BCUT2D eigenvalue weighted by Gasteiger charge is -2.17. The van der Waals surface area contributed by atoms with E-state index in [-0.39, 0.29) is 5.56 Å². The zero-order chi connectivity index (χ0) is 14.7. The van der Waals surface area contributed by atoms with Crippen LogP contribution in [0.4, 0.5) is 14.5 Å². The molecule has 2 aromatic rings. The van der Waals surface area contributed by atoms with Crippen LogP contribution in [0.15, 0.2) is 42.5 Å². The quantitative estimate of drug-likeness (QED) is 0.876. The van der Waals surface area contributed by atoms with Crippen LogP contribution < -0.4 is 5.73 Å². The first-order valence-electron chi connectivity index (χ1n) is 6.01. The number of rotatable bonds is 3. The molecule has 3 nitrogen and oxygen atoms in total. The molecule has 5 heteroatoms. The van der Waals surface area contributed by atoms with Crippen LogP contribution in [0, 0.1) is 11.6 Å². The minimum atomic E-state index is -0.772. The van der Waals surface area contributed by atoms with E-state index in [9.17, 15) is 13.6 Å². The average Bonchev–Trinajstić information content (AvgIpc) is 2.36. The Morgan fingerprint density at radius 3 is 2.40 bits per heavy atom. The number of hydrogen-bond donors (Lipinski definition) is 1. The van der Waals surface area contributed by atoms with Crippen molar-refractivity contribution in [1.29, 1.82) is 0 Å². The second-order valence-electron chi connectivity index (χ2n) is 4.56. The summed E-state index contributed by atoms with van der Waals surface area (Å²) in [6.07, 6.45) is 0. The molecule has 20 heavy (non-hydrogen) atoms. The number of nitrogens with zero attached hydrogens (tertiary/aromatic N) is 1. The molecule has 2 aromatic carbocycles. The Labute approximate surface area is 115 Å². The molecule has 0 unspecified atom stereocenters. The van der Waals surface area contributed by atoms with Gasteiger partial charge >= 0.3 is 0 Å². The summed E-state index contributed by atoms with van der Waals surface area (Å²) in [7, 11) is 1.56. The molecule has 0 atom stereocenters. The summed E-state index contributed by atoms with van der Waals surface area (Å²) in [4.78, 5) is 13.5. The summed E-state index contributed by atoms with van der Waals surface area (Å²) in [5, 5.41) is 0. The van der Waals surface area contributed by atoms with Gasteiger partial charge in [-0.3, -0.25) is 4.79 Å². The molecule has 104 valence electrons. The number of amides is 1. The summed E-state index contributed by atoms with van der Waals surface area (Å²) in [5.74, 6) is -2.00. The summed E-state index contributed by atoms with van der Waals surface area (Å²) in [6.45, 7) is 0.308. The number of benzene rings is 2. The lowest BCUT2D eigenvalue weighted by atomic mass is 10.1. The Kier molecular flexibility index (Phi) is 3.98. The van der Waals surface area contributed by atoms with Crippen molar-refractivity contribution in [3.63, 3.8) is 0 Å². The van der Waals surface area contributed by atoms with Crippen molar-refractivity contribution in [3.8, 4) is 0 Å². The summed E-state index contributed by atoms with van der Waals surface area (Å²) in [5.41, 5.74) is 7.08. The summed E-state index contributed by atoms with van der Waals surface area (Å²) in [6, 6.07) is 9.86. The average molecular weight is 276 g/mol. The third kappa shape index (κ3) is 3.32. The zero-order valence-electron chi connectivity index (χ0n) is 10.9. The fourth-order valence-electron chi connectivity index (χ4n) is 1.93. The van der Waals surface area contributed by atoms with Crippen LogP contribution in [0.2, 0.25) is 0 Å². The van der Waals surface area contributed by atoms with Gasteiger partial charge < -0.3 is 10.6 Å². The van der Waals surface area contributed by atoms with Gasteiger partial charge in [0.25, 0.3) is 5.91 Å². The lowest BCUT2D eigenvalue weighted by molar-refractivity contribution is 0.0784. The highest BCUT2D eigenvalue weighted by molar-refractivity contribution is 5.94. The Balaban J connectivity index is 2.16. The fourth-order valence-corrected chi connectivity index (χ4v) is 1.93. The second-order valence-corrected chi connectivity index (χ2v) is 4.56. The molecule has 1 amide bonds. The van der Waals surface area contributed by atoms with Crippen molar-refractivity contribution < 1.29 is 13.6 Å². The number of carbonyl (C=O) groups is 1. The van der Waals surface area contributed by atoms with Crippen molar-refractivity contribution in [2.75, 3.05) is 12.8 Å². The van der Waals surface area contributed by atoms with Gasteiger partial charge in [0.2, 0.25) is 0 Å². The van der Waals surface area contributed by atoms with E-state index in [1.165, 1.54) is 4.90 Å². The zero-order valence-corrected chi connectivity index (χ0v) is 10.9. The number of hydrogen-bond acceptors (Lipinski definition) is 2. The van der Waals surface area contributed by atoms with Gasteiger partial charge in [-0.1, -0.05) is 12.1 Å². The molecule has 0 aliphatic heterocycles. The Morgan fingerprint density at radius 1 is 1.15 bits per heavy atom. The molecule has 0 heterocycles. The van der Waals surface area contributed by atoms with Gasteiger partial charge in [0.1, 0.15) is 11.6 Å². The van der Waals surface area contributed by atoms with E-state index >= 15 is 0 Å². The molecule has 0 saturated carbocycles. The van der Waals surface area contributed by atoms with E-state index in [0.717, 1.165) is 23.8 Å². The predicted molar refractivity (Wildman–Crippen MR) is 73.0 cm³/mol. The number of halogens is 2. The van der Waals surface area contributed by atoms with Gasteiger partial charge in [0, 0.05) is 30.9 Å². The molecule has 0 aromatic heterocycles. The lowest BCUT2D eigenvalue weighted by Crippen LogP contribution is -2.26. The number of nitrogens with two attached hydrogens (primary N) is 1. The Morgan fingerprint density at radius 2 is 1.80 bits per heavy atom. The number of carbonyl (C=O) groups excluding carboxylic acids is 1. The first-order chi connectivity index (χ1) is 9.45. The van der Waals surface area contributed by atoms with E-state index in [2.05, 4.69) is 0 Å². The Bertz CT molecular complexity index is 623. The highest BCUT2D eigenvalue weighted by Crippen LogP contribution is 2.13. The predicted octanol–water partition coefficient (Wildman–Crippen LogP) is 2.82. The highest BCUT2D eigenvalue weighted by atomic mass is 19.1. The van der Waals surface area contributed by atoms with E-state index in [1.54, 1.807) is 25.2 Å². The summed E-state index contributed by atoms with van der Waals surface area (Å²) < 4.78 is 26.2. The van der Waals surface area contributed by atoms with Crippen LogP contribution in [0.3, 0.4) is 0 Å². The molecule has 2 rings (SSSR count). The van der Waals surface area contributed by atoms with Gasteiger partial charge in [-0.25, -0.2) is 8.78 Å². The highest BCUT2D eigenvalue weighted by Gasteiger charge is 2.14. The topological polar surface area (TPSA) is 46.3 Å². The molecule has 0 spiro atoms. The maximum absolute atomic E-state index is 13.1. The minimum Gasteiger partial charge on any atom is -0.399 e.